The smallest absolute Gasteiger partial charge is 0.307 e. The summed E-state index contributed by atoms with van der Waals surface area (Å²) in [5.74, 6) is -0.968. The number of benzene rings is 1. The summed E-state index contributed by atoms with van der Waals surface area (Å²) in [6.07, 6.45) is 0.535. The molecule has 0 atom stereocenters. The van der Waals surface area contributed by atoms with E-state index in [0.717, 1.165) is 5.01 Å². The highest BCUT2D eigenvalue weighted by atomic mass is 32.2. The lowest BCUT2D eigenvalue weighted by atomic mass is 10.2. The molecule has 0 saturated heterocycles. The standard InChI is InChI=1S/C12H13N3O4S2/c1-2-10-13-14-12(20-10)15-21(18,19)9-5-3-8(4-6-9)7-11(16)17/h3-6H,2,7H2,1H3,(H,14,15)(H,16,17). The molecule has 2 N–H and O–H groups in total. The number of nitrogens with one attached hydrogen (secondary N) is 1. The number of anilines is 1. The lowest BCUT2D eigenvalue weighted by Gasteiger charge is -2.05. The molecule has 0 fully saturated rings. The first-order valence-electron chi connectivity index (χ1n) is 6.06. The highest BCUT2D eigenvalue weighted by Crippen LogP contribution is 2.20. The molecular weight excluding hydrogens is 314 g/mol. The minimum absolute atomic E-state index is 0.0462. The monoisotopic (exact) mass is 327 g/mol. The Balaban J connectivity index is 2.17. The summed E-state index contributed by atoms with van der Waals surface area (Å²) < 4.78 is 26.6. The van der Waals surface area contributed by atoms with Gasteiger partial charge in [0.1, 0.15) is 5.01 Å². The topological polar surface area (TPSA) is 109 Å². The van der Waals surface area contributed by atoms with Gasteiger partial charge in [-0.3, -0.25) is 9.52 Å². The SMILES string of the molecule is CCc1nnc(NS(=O)(=O)c2ccc(CC(=O)O)cc2)s1. The van der Waals surface area contributed by atoms with Crippen molar-refractivity contribution in [2.45, 2.75) is 24.7 Å². The molecule has 2 rings (SSSR count). The van der Waals surface area contributed by atoms with Gasteiger partial charge in [-0.1, -0.05) is 30.4 Å². The molecule has 1 aromatic heterocycles. The Kier molecular flexibility index (Phi) is 4.53. The summed E-state index contributed by atoms with van der Waals surface area (Å²) in [5.41, 5.74) is 0.533. The van der Waals surface area contributed by atoms with Crippen LogP contribution in [0.2, 0.25) is 0 Å². The van der Waals surface area contributed by atoms with Crippen molar-refractivity contribution in [3.63, 3.8) is 0 Å². The van der Waals surface area contributed by atoms with E-state index in [1.807, 2.05) is 6.92 Å². The molecule has 0 aliphatic carbocycles. The Morgan fingerprint density at radius 1 is 1.29 bits per heavy atom. The van der Waals surface area contributed by atoms with Gasteiger partial charge < -0.3 is 5.11 Å². The van der Waals surface area contributed by atoms with Gasteiger partial charge in [-0.05, 0) is 24.1 Å². The maximum absolute atomic E-state index is 12.1. The summed E-state index contributed by atoms with van der Waals surface area (Å²) in [5, 5.41) is 17.2. The summed E-state index contributed by atoms with van der Waals surface area (Å²) in [6.45, 7) is 1.90. The highest BCUT2D eigenvalue weighted by molar-refractivity contribution is 7.93. The van der Waals surface area contributed by atoms with E-state index < -0.39 is 16.0 Å². The molecule has 9 heteroatoms. The molecule has 0 saturated carbocycles. The molecule has 0 aliphatic rings. The second-order valence-corrected chi connectivity index (χ2v) is 6.92. The number of nitrogens with zero attached hydrogens (tertiary/aromatic N) is 2. The van der Waals surface area contributed by atoms with Crippen LogP contribution in [0.4, 0.5) is 5.13 Å². The Morgan fingerprint density at radius 3 is 2.48 bits per heavy atom. The van der Waals surface area contributed by atoms with E-state index in [0.29, 0.717) is 12.0 Å². The Morgan fingerprint density at radius 2 is 1.95 bits per heavy atom. The first-order valence-corrected chi connectivity index (χ1v) is 8.36. The van der Waals surface area contributed by atoms with Crippen molar-refractivity contribution in [3.05, 3.63) is 34.8 Å². The third-order valence-corrected chi connectivity index (χ3v) is 5.05. The van der Waals surface area contributed by atoms with Crippen molar-refractivity contribution < 1.29 is 18.3 Å². The summed E-state index contributed by atoms with van der Waals surface area (Å²) in [4.78, 5) is 10.6. The van der Waals surface area contributed by atoms with E-state index in [1.165, 1.54) is 35.6 Å². The predicted molar refractivity (Wildman–Crippen MR) is 77.9 cm³/mol. The van der Waals surface area contributed by atoms with E-state index in [9.17, 15) is 13.2 Å². The number of rotatable bonds is 6. The summed E-state index contributed by atoms with van der Waals surface area (Å²) in [7, 11) is -3.74. The number of carboxylic acids is 1. The number of aryl methyl sites for hydroxylation is 1. The number of hydrogen-bond donors (Lipinski definition) is 2. The van der Waals surface area contributed by atoms with Crippen molar-refractivity contribution in [1.29, 1.82) is 0 Å². The van der Waals surface area contributed by atoms with Crippen LogP contribution in [-0.4, -0.2) is 29.7 Å². The van der Waals surface area contributed by atoms with Crippen molar-refractivity contribution in [2.24, 2.45) is 0 Å². The van der Waals surface area contributed by atoms with Crippen LogP contribution in [-0.2, 0) is 27.7 Å². The number of hydrogen-bond acceptors (Lipinski definition) is 6. The maximum Gasteiger partial charge on any atom is 0.307 e. The van der Waals surface area contributed by atoms with Crippen molar-refractivity contribution in [3.8, 4) is 0 Å². The third-order valence-electron chi connectivity index (χ3n) is 2.58. The van der Waals surface area contributed by atoms with Crippen molar-refractivity contribution in [1.82, 2.24) is 10.2 Å². The molecule has 0 bridgehead atoms. The molecular formula is C12H13N3O4S2. The first kappa shape index (κ1) is 15.4. The lowest BCUT2D eigenvalue weighted by Crippen LogP contribution is -2.13. The van der Waals surface area contributed by atoms with Crippen molar-refractivity contribution >= 4 is 32.5 Å². The van der Waals surface area contributed by atoms with Crippen LogP contribution in [0, 0.1) is 0 Å². The van der Waals surface area contributed by atoms with Crippen LogP contribution >= 0.6 is 11.3 Å². The van der Waals surface area contributed by atoms with Crippen LogP contribution in [0.1, 0.15) is 17.5 Å². The quantitative estimate of drug-likeness (QED) is 0.832. The average molecular weight is 327 g/mol. The number of carboxylic acid groups (broad SMARTS) is 1. The van der Waals surface area contributed by atoms with Crippen LogP contribution in [0.5, 0.6) is 0 Å². The van der Waals surface area contributed by atoms with Gasteiger partial charge in [-0.15, -0.1) is 10.2 Å². The van der Waals surface area contributed by atoms with Gasteiger partial charge >= 0.3 is 5.97 Å². The van der Waals surface area contributed by atoms with Gasteiger partial charge in [0, 0.05) is 0 Å². The van der Waals surface area contributed by atoms with Gasteiger partial charge in [0.15, 0.2) is 0 Å². The van der Waals surface area contributed by atoms with Crippen LogP contribution in [0.3, 0.4) is 0 Å². The molecule has 2 aromatic rings. The normalized spacial score (nSPS) is 11.3. The van der Waals surface area contributed by atoms with E-state index in [-0.39, 0.29) is 16.4 Å². The zero-order valence-corrected chi connectivity index (χ0v) is 12.7. The zero-order chi connectivity index (χ0) is 15.5. The highest BCUT2D eigenvalue weighted by Gasteiger charge is 2.16. The van der Waals surface area contributed by atoms with Crippen LogP contribution in [0.15, 0.2) is 29.2 Å². The molecule has 1 aromatic carbocycles. The average Bonchev–Trinajstić information content (AvgIpc) is 2.85. The fraction of sp³-hybridized carbons (Fsp3) is 0.250. The minimum Gasteiger partial charge on any atom is -0.481 e. The molecule has 7 nitrogen and oxygen atoms in total. The van der Waals surface area contributed by atoms with Gasteiger partial charge in [0.2, 0.25) is 5.13 Å². The zero-order valence-electron chi connectivity index (χ0n) is 11.1. The summed E-state index contributed by atoms with van der Waals surface area (Å²) >= 11 is 1.18. The van der Waals surface area contributed by atoms with E-state index in [2.05, 4.69) is 14.9 Å². The Labute approximate surface area is 125 Å². The van der Waals surface area contributed by atoms with Crippen LogP contribution < -0.4 is 4.72 Å². The van der Waals surface area contributed by atoms with E-state index in [4.69, 9.17) is 5.11 Å². The Hall–Kier alpha value is -2.00. The largest absolute Gasteiger partial charge is 0.481 e. The second-order valence-electron chi connectivity index (χ2n) is 4.17. The fourth-order valence-electron chi connectivity index (χ4n) is 1.57. The molecule has 0 radical (unpaired) electrons. The molecule has 0 amide bonds. The lowest BCUT2D eigenvalue weighted by molar-refractivity contribution is -0.136. The number of sulfonamides is 1. The van der Waals surface area contributed by atoms with Gasteiger partial charge in [-0.2, -0.15) is 0 Å². The van der Waals surface area contributed by atoms with Gasteiger partial charge in [0.25, 0.3) is 10.0 Å². The molecule has 0 spiro atoms. The summed E-state index contributed by atoms with van der Waals surface area (Å²) in [6, 6.07) is 5.67. The maximum atomic E-state index is 12.1. The molecule has 112 valence electrons. The van der Waals surface area contributed by atoms with E-state index in [1.54, 1.807) is 0 Å². The molecule has 1 heterocycles. The minimum atomic E-state index is -3.74. The predicted octanol–water partition coefficient (Wildman–Crippen LogP) is 1.53. The number of carbonyl (C=O) groups is 1. The molecule has 0 unspecified atom stereocenters. The number of aromatic nitrogens is 2. The van der Waals surface area contributed by atoms with Crippen LogP contribution in [0.25, 0.3) is 0 Å². The molecule has 21 heavy (non-hydrogen) atoms. The molecule has 0 aliphatic heterocycles. The fourth-order valence-corrected chi connectivity index (χ4v) is 3.48. The van der Waals surface area contributed by atoms with Crippen molar-refractivity contribution in [2.75, 3.05) is 4.72 Å². The third kappa shape index (κ3) is 3.99. The first-order chi connectivity index (χ1) is 9.90. The van der Waals surface area contributed by atoms with Gasteiger partial charge in [0.05, 0.1) is 11.3 Å². The van der Waals surface area contributed by atoms with E-state index >= 15 is 0 Å². The van der Waals surface area contributed by atoms with Gasteiger partial charge in [-0.25, -0.2) is 8.42 Å². The Bertz CT molecular complexity index is 738. The second kappa shape index (κ2) is 6.19. The number of aliphatic carboxylic acids is 1.